The monoisotopic (exact) mass is 184 g/mol. The Morgan fingerprint density at radius 2 is 1.77 bits per heavy atom. The van der Waals surface area contributed by atoms with Crippen LogP contribution in [0.3, 0.4) is 0 Å². The van der Waals surface area contributed by atoms with Crippen molar-refractivity contribution >= 4 is 0 Å². The summed E-state index contributed by atoms with van der Waals surface area (Å²) in [5.41, 5.74) is 0.720. The third-order valence-corrected chi connectivity index (χ3v) is 3.10. The molecule has 0 aromatic heterocycles. The molecule has 2 aliphatic rings. The molecule has 0 amide bonds. The standard InChI is InChI=1S/C9H18N2.C2H6/c1-11-7-9(8-11)3-2-5-10-6-4-9;1-2/h10H,2-8H2,1H3;1-2H3. The maximum Gasteiger partial charge on any atom is 0.00479 e. The molecule has 2 heteroatoms. The van der Waals surface area contributed by atoms with E-state index >= 15 is 0 Å². The summed E-state index contributed by atoms with van der Waals surface area (Å²) in [5.74, 6) is 0. The van der Waals surface area contributed by atoms with Gasteiger partial charge in [-0.2, -0.15) is 0 Å². The molecule has 1 spiro atoms. The first-order valence-corrected chi connectivity index (χ1v) is 5.70. The molecule has 78 valence electrons. The highest BCUT2D eigenvalue weighted by atomic mass is 15.2. The third kappa shape index (κ3) is 2.68. The van der Waals surface area contributed by atoms with Gasteiger partial charge in [-0.3, -0.25) is 0 Å². The normalized spacial score (nSPS) is 27.0. The van der Waals surface area contributed by atoms with E-state index in [9.17, 15) is 0 Å². The molecule has 0 radical (unpaired) electrons. The van der Waals surface area contributed by atoms with Crippen LogP contribution in [0.2, 0.25) is 0 Å². The second kappa shape index (κ2) is 4.97. The Hall–Kier alpha value is -0.0800. The zero-order valence-corrected chi connectivity index (χ0v) is 9.40. The highest BCUT2D eigenvalue weighted by Crippen LogP contribution is 2.37. The molecule has 0 unspecified atom stereocenters. The van der Waals surface area contributed by atoms with Crippen LogP contribution in [-0.2, 0) is 0 Å². The van der Waals surface area contributed by atoms with Crippen LogP contribution in [0, 0.1) is 5.41 Å². The van der Waals surface area contributed by atoms with Crippen molar-refractivity contribution in [2.75, 3.05) is 33.2 Å². The highest BCUT2D eigenvalue weighted by molar-refractivity contribution is 4.94. The fourth-order valence-electron chi connectivity index (χ4n) is 2.61. The Bertz CT molecular complexity index is 129. The van der Waals surface area contributed by atoms with Gasteiger partial charge in [-0.05, 0) is 44.8 Å². The predicted molar refractivity (Wildman–Crippen MR) is 58.0 cm³/mol. The Labute approximate surface area is 82.7 Å². The number of hydrogen-bond donors (Lipinski definition) is 1. The Kier molecular flexibility index (Phi) is 4.20. The third-order valence-electron chi connectivity index (χ3n) is 3.10. The average molecular weight is 184 g/mol. The van der Waals surface area contributed by atoms with Gasteiger partial charge in [0, 0.05) is 13.1 Å². The van der Waals surface area contributed by atoms with Gasteiger partial charge in [0.05, 0.1) is 0 Å². The van der Waals surface area contributed by atoms with E-state index in [2.05, 4.69) is 17.3 Å². The smallest absolute Gasteiger partial charge is 0.00479 e. The van der Waals surface area contributed by atoms with Crippen molar-refractivity contribution in [3.8, 4) is 0 Å². The van der Waals surface area contributed by atoms with Gasteiger partial charge in [-0.25, -0.2) is 0 Å². The highest BCUT2D eigenvalue weighted by Gasteiger charge is 2.40. The van der Waals surface area contributed by atoms with E-state index < -0.39 is 0 Å². The summed E-state index contributed by atoms with van der Waals surface area (Å²) in [6.07, 6.45) is 4.23. The summed E-state index contributed by atoms with van der Waals surface area (Å²) >= 11 is 0. The molecule has 2 rings (SSSR count). The minimum Gasteiger partial charge on any atom is -0.317 e. The van der Waals surface area contributed by atoms with E-state index in [4.69, 9.17) is 0 Å². The van der Waals surface area contributed by atoms with Gasteiger partial charge in [0.2, 0.25) is 0 Å². The quantitative estimate of drug-likeness (QED) is 0.616. The van der Waals surface area contributed by atoms with Gasteiger partial charge in [0.1, 0.15) is 0 Å². The van der Waals surface area contributed by atoms with Crippen LogP contribution in [0.25, 0.3) is 0 Å². The van der Waals surface area contributed by atoms with Gasteiger partial charge in [-0.1, -0.05) is 13.8 Å². The van der Waals surface area contributed by atoms with Gasteiger partial charge in [-0.15, -0.1) is 0 Å². The summed E-state index contributed by atoms with van der Waals surface area (Å²) in [4.78, 5) is 2.44. The number of nitrogens with one attached hydrogen (secondary N) is 1. The molecule has 2 aliphatic heterocycles. The Balaban J connectivity index is 0.000000396. The van der Waals surface area contributed by atoms with Crippen molar-refractivity contribution in [1.82, 2.24) is 10.2 Å². The van der Waals surface area contributed by atoms with E-state index in [0.29, 0.717) is 0 Å². The molecule has 1 N–H and O–H groups in total. The number of nitrogens with zero attached hydrogens (tertiary/aromatic N) is 1. The van der Waals surface area contributed by atoms with E-state index in [0.717, 1.165) is 5.41 Å². The van der Waals surface area contributed by atoms with Gasteiger partial charge >= 0.3 is 0 Å². The zero-order chi connectivity index (χ0) is 9.73. The lowest BCUT2D eigenvalue weighted by atomic mass is 9.74. The van der Waals surface area contributed by atoms with E-state index in [-0.39, 0.29) is 0 Å². The van der Waals surface area contributed by atoms with Crippen LogP contribution in [0.15, 0.2) is 0 Å². The Morgan fingerprint density at radius 1 is 1.08 bits per heavy atom. The summed E-state index contributed by atoms with van der Waals surface area (Å²) in [6, 6.07) is 0. The van der Waals surface area contributed by atoms with Crippen molar-refractivity contribution < 1.29 is 0 Å². The van der Waals surface area contributed by atoms with Gasteiger partial charge in [0.15, 0.2) is 0 Å². The van der Waals surface area contributed by atoms with Crippen molar-refractivity contribution in [3.05, 3.63) is 0 Å². The molecule has 2 saturated heterocycles. The lowest BCUT2D eigenvalue weighted by Gasteiger charge is -2.48. The van der Waals surface area contributed by atoms with Crippen LogP contribution < -0.4 is 5.32 Å². The Morgan fingerprint density at radius 3 is 2.38 bits per heavy atom. The first kappa shape index (κ1) is 11.0. The van der Waals surface area contributed by atoms with Crippen LogP contribution in [-0.4, -0.2) is 38.1 Å². The summed E-state index contributed by atoms with van der Waals surface area (Å²) in [7, 11) is 2.23. The fraction of sp³-hybridized carbons (Fsp3) is 1.00. The second-order valence-electron chi connectivity index (χ2n) is 4.28. The van der Waals surface area contributed by atoms with Crippen molar-refractivity contribution in [2.24, 2.45) is 5.41 Å². The summed E-state index contributed by atoms with van der Waals surface area (Å²) in [5, 5.41) is 3.47. The maximum absolute atomic E-state index is 3.47. The molecule has 2 fully saturated rings. The molecule has 13 heavy (non-hydrogen) atoms. The fourth-order valence-corrected chi connectivity index (χ4v) is 2.61. The maximum atomic E-state index is 3.47. The molecule has 0 saturated carbocycles. The van der Waals surface area contributed by atoms with Crippen molar-refractivity contribution in [2.45, 2.75) is 33.1 Å². The number of likely N-dealkylation sites (tertiary alicyclic amines) is 1. The average Bonchev–Trinajstić information content (AvgIpc) is 2.33. The predicted octanol–water partition coefficient (Wildman–Crippen LogP) is 1.72. The molecular weight excluding hydrogens is 160 g/mol. The van der Waals surface area contributed by atoms with Crippen molar-refractivity contribution in [1.29, 1.82) is 0 Å². The van der Waals surface area contributed by atoms with Crippen LogP contribution in [0.5, 0.6) is 0 Å². The topological polar surface area (TPSA) is 15.3 Å². The SMILES string of the molecule is CC.CN1CC2(CCCNCC2)C1. The minimum absolute atomic E-state index is 0.720. The van der Waals surface area contributed by atoms with Crippen LogP contribution >= 0.6 is 0 Å². The number of hydrogen-bond acceptors (Lipinski definition) is 2. The molecule has 2 heterocycles. The molecule has 0 aromatic rings. The molecule has 0 bridgehead atoms. The molecule has 0 aliphatic carbocycles. The summed E-state index contributed by atoms with van der Waals surface area (Å²) in [6.45, 7) is 9.17. The molecule has 2 nitrogen and oxygen atoms in total. The lowest BCUT2D eigenvalue weighted by Crippen LogP contribution is -2.54. The summed E-state index contributed by atoms with van der Waals surface area (Å²) < 4.78 is 0. The van der Waals surface area contributed by atoms with Gasteiger partial charge < -0.3 is 10.2 Å². The molecule has 0 aromatic carbocycles. The van der Waals surface area contributed by atoms with E-state index in [1.165, 1.54) is 45.4 Å². The van der Waals surface area contributed by atoms with Crippen LogP contribution in [0.1, 0.15) is 33.1 Å². The zero-order valence-electron chi connectivity index (χ0n) is 9.40. The first-order chi connectivity index (χ1) is 6.31. The minimum atomic E-state index is 0.720. The van der Waals surface area contributed by atoms with Crippen LogP contribution in [0.4, 0.5) is 0 Å². The van der Waals surface area contributed by atoms with E-state index in [1.54, 1.807) is 0 Å². The second-order valence-corrected chi connectivity index (χ2v) is 4.28. The van der Waals surface area contributed by atoms with Gasteiger partial charge in [0.25, 0.3) is 0 Å². The first-order valence-electron chi connectivity index (χ1n) is 5.70. The van der Waals surface area contributed by atoms with E-state index in [1.807, 2.05) is 13.8 Å². The number of rotatable bonds is 0. The lowest BCUT2D eigenvalue weighted by molar-refractivity contribution is 0.0117. The molecule has 0 atom stereocenters. The molecular formula is C11H24N2. The van der Waals surface area contributed by atoms with Crippen molar-refractivity contribution in [3.63, 3.8) is 0 Å². The largest absolute Gasteiger partial charge is 0.317 e.